The minimum atomic E-state index is -0.432. The zero-order valence-corrected chi connectivity index (χ0v) is 19.3. The molecule has 0 atom stereocenters. The monoisotopic (exact) mass is 449 g/mol. The molecule has 3 amide bonds. The van der Waals surface area contributed by atoms with Gasteiger partial charge in [0.15, 0.2) is 0 Å². The number of methoxy groups -OCH3 is 1. The molecule has 4 rings (SSSR count). The number of piperazine rings is 1. The number of likely N-dealkylation sites (tertiary alicyclic amines) is 1. The average Bonchev–Trinajstić information content (AvgIpc) is 2.84. The first-order chi connectivity index (χ1) is 15.9. The Morgan fingerprint density at radius 2 is 1.67 bits per heavy atom. The van der Waals surface area contributed by atoms with Crippen LogP contribution in [-0.4, -0.2) is 71.8 Å². The van der Waals surface area contributed by atoms with E-state index >= 15 is 0 Å². The summed E-state index contributed by atoms with van der Waals surface area (Å²) in [5.41, 5.74) is 3.12. The Hall–Kier alpha value is -3.35. The number of amides is 3. The van der Waals surface area contributed by atoms with Gasteiger partial charge in [-0.2, -0.15) is 0 Å². The number of benzene rings is 2. The average molecular weight is 450 g/mol. The Balaban J connectivity index is 1.29. The van der Waals surface area contributed by atoms with E-state index in [9.17, 15) is 14.4 Å². The third kappa shape index (κ3) is 5.35. The summed E-state index contributed by atoms with van der Waals surface area (Å²) < 4.78 is 5.23. The molecule has 7 heteroatoms. The molecule has 0 aliphatic carbocycles. The number of aryl methyl sites for hydroxylation is 1. The van der Waals surface area contributed by atoms with Crippen LogP contribution in [0.3, 0.4) is 0 Å². The van der Waals surface area contributed by atoms with E-state index in [4.69, 9.17) is 4.74 Å². The number of carbonyl (C=O) groups is 3. The highest BCUT2D eigenvalue weighted by Crippen LogP contribution is 2.22. The molecule has 0 aromatic heterocycles. The largest absolute Gasteiger partial charge is 0.497 e. The Morgan fingerprint density at radius 1 is 0.939 bits per heavy atom. The lowest BCUT2D eigenvalue weighted by Crippen LogP contribution is -2.59. The highest BCUT2D eigenvalue weighted by Gasteiger charge is 2.37. The van der Waals surface area contributed by atoms with Crippen LogP contribution < -0.4 is 4.74 Å². The zero-order valence-electron chi connectivity index (χ0n) is 19.3. The van der Waals surface area contributed by atoms with E-state index in [1.807, 2.05) is 60.4 Å². The van der Waals surface area contributed by atoms with Crippen LogP contribution in [0.4, 0.5) is 0 Å². The van der Waals surface area contributed by atoms with Crippen molar-refractivity contribution in [1.29, 1.82) is 0 Å². The van der Waals surface area contributed by atoms with Gasteiger partial charge in [0.05, 0.1) is 13.5 Å². The second-order valence-corrected chi connectivity index (χ2v) is 8.85. The van der Waals surface area contributed by atoms with Crippen molar-refractivity contribution in [3.8, 4) is 5.75 Å². The summed E-state index contributed by atoms with van der Waals surface area (Å²) in [7, 11) is 1.61. The minimum Gasteiger partial charge on any atom is -0.497 e. The van der Waals surface area contributed by atoms with E-state index in [1.165, 1.54) is 5.56 Å². The molecule has 33 heavy (non-hydrogen) atoms. The van der Waals surface area contributed by atoms with E-state index < -0.39 is 11.8 Å². The van der Waals surface area contributed by atoms with Gasteiger partial charge in [0, 0.05) is 38.8 Å². The van der Waals surface area contributed by atoms with Gasteiger partial charge in [0.2, 0.25) is 5.91 Å². The Morgan fingerprint density at radius 3 is 2.36 bits per heavy atom. The summed E-state index contributed by atoms with van der Waals surface area (Å²) in [6, 6.07) is 15.6. The number of carbonyl (C=O) groups excluding carboxylic acids is 3. The number of hydrogen-bond donors (Lipinski definition) is 0. The van der Waals surface area contributed by atoms with Crippen LogP contribution in [0.5, 0.6) is 5.75 Å². The second-order valence-electron chi connectivity index (χ2n) is 8.85. The Kier molecular flexibility index (Phi) is 6.96. The summed E-state index contributed by atoms with van der Waals surface area (Å²) in [6.45, 7) is 4.74. The lowest BCUT2D eigenvalue weighted by atomic mass is 10.0. The first-order valence-corrected chi connectivity index (χ1v) is 11.5. The van der Waals surface area contributed by atoms with Gasteiger partial charge in [-0.05, 0) is 43.0 Å². The summed E-state index contributed by atoms with van der Waals surface area (Å²) in [5.74, 6) is -0.0383. The van der Waals surface area contributed by atoms with Crippen LogP contribution in [0.1, 0.15) is 29.5 Å². The fraction of sp³-hybridized carbons (Fsp3) is 0.423. The number of ether oxygens (including phenoxy) is 1. The van der Waals surface area contributed by atoms with E-state index in [0.29, 0.717) is 52.0 Å². The van der Waals surface area contributed by atoms with Crippen LogP contribution in [0.2, 0.25) is 0 Å². The quantitative estimate of drug-likeness (QED) is 0.635. The third-order valence-electron chi connectivity index (χ3n) is 6.58. The summed E-state index contributed by atoms with van der Waals surface area (Å²) >= 11 is 0. The number of rotatable bonds is 6. The summed E-state index contributed by atoms with van der Waals surface area (Å²) in [5, 5.41) is 0. The molecular weight excluding hydrogens is 418 g/mol. The van der Waals surface area contributed by atoms with E-state index in [1.54, 1.807) is 16.9 Å². The van der Waals surface area contributed by atoms with Gasteiger partial charge in [-0.1, -0.05) is 42.0 Å². The van der Waals surface area contributed by atoms with Crippen molar-refractivity contribution in [2.45, 2.75) is 38.8 Å². The maximum Gasteiger partial charge on any atom is 0.312 e. The van der Waals surface area contributed by atoms with Crippen LogP contribution in [0.25, 0.3) is 0 Å². The third-order valence-corrected chi connectivity index (χ3v) is 6.58. The maximum atomic E-state index is 12.8. The SMILES string of the molecule is COc1cccc(CC(=O)N2CCC(N3CCN(Cc4ccc(C)cc4)C(=O)C3=O)CC2)c1. The minimum absolute atomic E-state index is 0.00356. The number of piperidine rings is 1. The van der Waals surface area contributed by atoms with Crippen molar-refractivity contribution in [1.82, 2.24) is 14.7 Å². The topological polar surface area (TPSA) is 70.2 Å². The molecule has 0 saturated carbocycles. The number of hydrogen-bond acceptors (Lipinski definition) is 4. The predicted octanol–water partition coefficient (Wildman–Crippen LogP) is 2.41. The van der Waals surface area contributed by atoms with Crippen LogP contribution >= 0.6 is 0 Å². The van der Waals surface area contributed by atoms with Crippen LogP contribution in [0, 0.1) is 6.92 Å². The predicted molar refractivity (Wildman–Crippen MR) is 125 cm³/mol. The van der Waals surface area contributed by atoms with Crippen molar-refractivity contribution in [2.24, 2.45) is 0 Å². The molecule has 0 bridgehead atoms. The molecule has 2 aromatic rings. The van der Waals surface area contributed by atoms with E-state index in [-0.39, 0.29) is 11.9 Å². The van der Waals surface area contributed by atoms with Crippen molar-refractivity contribution >= 4 is 17.7 Å². The van der Waals surface area contributed by atoms with E-state index in [2.05, 4.69) is 0 Å². The zero-order chi connectivity index (χ0) is 23.4. The molecule has 2 aliphatic rings. The standard InChI is InChI=1S/C26H31N3O4/c1-19-6-8-20(9-7-19)18-28-14-15-29(26(32)25(28)31)22-10-12-27(13-11-22)24(30)17-21-4-3-5-23(16-21)33-2/h3-9,16,22H,10-15,17-18H2,1-2H3. The van der Waals surface area contributed by atoms with Gasteiger partial charge >= 0.3 is 11.8 Å². The van der Waals surface area contributed by atoms with Gasteiger partial charge in [0.25, 0.3) is 0 Å². The molecule has 2 fully saturated rings. The Labute approximate surface area is 194 Å². The fourth-order valence-electron chi connectivity index (χ4n) is 4.60. The van der Waals surface area contributed by atoms with Gasteiger partial charge in [-0.3, -0.25) is 14.4 Å². The van der Waals surface area contributed by atoms with Gasteiger partial charge in [-0.15, -0.1) is 0 Å². The lowest BCUT2D eigenvalue weighted by Gasteiger charge is -2.42. The van der Waals surface area contributed by atoms with Gasteiger partial charge < -0.3 is 19.4 Å². The molecule has 174 valence electrons. The maximum absolute atomic E-state index is 12.8. The van der Waals surface area contributed by atoms with Crippen molar-refractivity contribution < 1.29 is 19.1 Å². The molecule has 0 spiro atoms. The molecule has 0 N–H and O–H groups in total. The van der Waals surface area contributed by atoms with Gasteiger partial charge in [-0.25, -0.2) is 0 Å². The number of nitrogens with zero attached hydrogens (tertiary/aromatic N) is 3. The van der Waals surface area contributed by atoms with E-state index in [0.717, 1.165) is 16.9 Å². The molecule has 2 aromatic carbocycles. The lowest BCUT2D eigenvalue weighted by molar-refractivity contribution is -0.159. The molecular formula is C26H31N3O4. The van der Waals surface area contributed by atoms with Crippen LogP contribution in [-0.2, 0) is 27.3 Å². The van der Waals surface area contributed by atoms with Gasteiger partial charge in [0.1, 0.15) is 5.75 Å². The molecule has 2 heterocycles. The molecule has 0 radical (unpaired) electrons. The smallest absolute Gasteiger partial charge is 0.312 e. The van der Waals surface area contributed by atoms with Crippen molar-refractivity contribution in [3.05, 3.63) is 65.2 Å². The van der Waals surface area contributed by atoms with Crippen molar-refractivity contribution in [3.63, 3.8) is 0 Å². The summed E-state index contributed by atoms with van der Waals surface area (Å²) in [6.07, 6.45) is 1.72. The molecule has 2 saturated heterocycles. The first kappa shape index (κ1) is 22.8. The molecule has 0 unspecified atom stereocenters. The Bertz CT molecular complexity index is 1010. The first-order valence-electron chi connectivity index (χ1n) is 11.5. The summed E-state index contributed by atoms with van der Waals surface area (Å²) in [4.78, 5) is 43.5. The normalized spacial score (nSPS) is 17.5. The highest BCUT2D eigenvalue weighted by molar-refractivity contribution is 6.35. The second kappa shape index (κ2) is 10.1. The van der Waals surface area contributed by atoms with Crippen molar-refractivity contribution in [2.75, 3.05) is 33.3 Å². The molecule has 7 nitrogen and oxygen atoms in total. The molecule has 2 aliphatic heterocycles. The highest BCUT2D eigenvalue weighted by atomic mass is 16.5. The fourth-order valence-corrected chi connectivity index (χ4v) is 4.60. The van der Waals surface area contributed by atoms with Crippen LogP contribution in [0.15, 0.2) is 48.5 Å².